The summed E-state index contributed by atoms with van der Waals surface area (Å²) >= 11 is 0. The standard InChI is InChI=1S/C10H12O5S/c1-16(14,15)9(10(12)13)6-7-3-2-4-8(11)5-7/h2-5,9,11H,6H2,1H3,(H,12,13). The molecule has 0 radical (unpaired) electrons. The van der Waals surface area contributed by atoms with Gasteiger partial charge in [0.2, 0.25) is 0 Å². The molecule has 0 heterocycles. The number of hydrogen-bond acceptors (Lipinski definition) is 4. The molecule has 0 aliphatic heterocycles. The Kier molecular flexibility index (Phi) is 3.54. The van der Waals surface area contributed by atoms with Crippen LogP contribution in [-0.2, 0) is 21.1 Å². The third-order valence-electron chi connectivity index (χ3n) is 2.12. The zero-order valence-electron chi connectivity index (χ0n) is 8.62. The highest BCUT2D eigenvalue weighted by molar-refractivity contribution is 7.92. The minimum atomic E-state index is -3.66. The highest BCUT2D eigenvalue weighted by Crippen LogP contribution is 2.15. The van der Waals surface area contributed by atoms with Crippen LogP contribution < -0.4 is 0 Å². The van der Waals surface area contributed by atoms with Crippen molar-refractivity contribution in [3.05, 3.63) is 29.8 Å². The van der Waals surface area contributed by atoms with Gasteiger partial charge in [-0.25, -0.2) is 8.42 Å². The van der Waals surface area contributed by atoms with Gasteiger partial charge in [-0.1, -0.05) is 12.1 Å². The third-order valence-corrected chi connectivity index (χ3v) is 3.53. The molecule has 0 aliphatic rings. The lowest BCUT2D eigenvalue weighted by molar-refractivity contribution is -0.136. The van der Waals surface area contributed by atoms with Crippen LogP contribution >= 0.6 is 0 Å². The Balaban J connectivity index is 2.98. The van der Waals surface area contributed by atoms with Gasteiger partial charge in [-0.3, -0.25) is 4.79 Å². The van der Waals surface area contributed by atoms with Crippen LogP contribution in [0.1, 0.15) is 5.56 Å². The van der Waals surface area contributed by atoms with E-state index >= 15 is 0 Å². The summed E-state index contributed by atoms with van der Waals surface area (Å²) in [5, 5.41) is 16.5. The Bertz CT molecular complexity index is 492. The lowest BCUT2D eigenvalue weighted by Crippen LogP contribution is -2.31. The summed E-state index contributed by atoms with van der Waals surface area (Å²) < 4.78 is 22.4. The van der Waals surface area contributed by atoms with E-state index in [-0.39, 0.29) is 12.2 Å². The van der Waals surface area contributed by atoms with Crippen molar-refractivity contribution in [3.8, 4) is 5.75 Å². The van der Waals surface area contributed by atoms with Crippen molar-refractivity contribution in [3.63, 3.8) is 0 Å². The number of aliphatic carboxylic acids is 1. The van der Waals surface area contributed by atoms with Crippen LogP contribution in [0.5, 0.6) is 5.75 Å². The molecule has 1 unspecified atom stereocenters. The number of benzene rings is 1. The van der Waals surface area contributed by atoms with E-state index in [0.717, 1.165) is 6.26 Å². The van der Waals surface area contributed by atoms with Crippen LogP contribution in [0.25, 0.3) is 0 Å². The molecular formula is C10H12O5S. The van der Waals surface area contributed by atoms with Gasteiger partial charge in [0.25, 0.3) is 0 Å². The highest BCUT2D eigenvalue weighted by atomic mass is 32.2. The fourth-order valence-electron chi connectivity index (χ4n) is 1.32. The topological polar surface area (TPSA) is 91.7 Å². The number of hydrogen-bond donors (Lipinski definition) is 2. The van der Waals surface area contributed by atoms with Gasteiger partial charge in [-0.15, -0.1) is 0 Å². The largest absolute Gasteiger partial charge is 0.508 e. The average Bonchev–Trinajstić information content (AvgIpc) is 2.12. The van der Waals surface area contributed by atoms with Crippen LogP contribution in [0, 0.1) is 0 Å². The Morgan fingerprint density at radius 1 is 1.44 bits per heavy atom. The summed E-state index contributed by atoms with van der Waals surface area (Å²) in [5.41, 5.74) is 0.470. The number of phenolic OH excluding ortho intramolecular Hbond substituents is 1. The monoisotopic (exact) mass is 244 g/mol. The van der Waals surface area contributed by atoms with Gasteiger partial charge in [-0.2, -0.15) is 0 Å². The summed E-state index contributed by atoms with van der Waals surface area (Å²) in [7, 11) is -3.66. The minimum absolute atomic E-state index is 0.0184. The van der Waals surface area contributed by atoms with E-state index in [4.69, 9.17) is 5.11 Å². The molecule has 0 fully saturated rings. The van der Waals surface area contributed by atoms with E-state index in [1.54, 1.807) is 6.07 Å². The Labute approximate surface area is 93.3 Å². The molecule has 1 rings (SSSR count). The van der Waals surface area contributed by atoms with Crippen molar-refractivity contribution in [2.75, 3.05) is 6.26 Å². The Morgan fingerprint density at radius 2 is 2.06 bits per heavy atom. The molecule has 1 atom stereocenters. The molecule has 1 aromatic rings. The fourth-order valence-corrected chi connectivity index (χ4v) is 2.18. The molecule has 5 nitrogen and oxygen atoms in total. The first kappa shape index (κ1) is 12.5. The second kappa shape index (κ2) is 4.52. The first-order valence-corrected chi connectivity index (χ1v) is 6.46. The van der Waals surface area contributed by atoms with Crippen molar-refractivity contribution in [1.82, 2.24) is 0 Å². The summed E-state index contributed by atoms with van der Waals surface area (Å²) in [6.45, 7) is 0. The van der Waals surface area contributed by atoms with Crippen molar-refractivity contribution in [2.45, 2.75) is 11.7 Å². The Morgan fingerprint density at radius 3 is 2.50 bits per heavy atom. The smallest absolute Gasteiger partial charge is 0.322 e. The van der Waals surface area contributed by atoms with Gasteiger partial charge < -0.3 is 10.2 Å². The average molecular weight is 244 g/mol. The van der Waals surface area contributed by atoms with Crippen LogP contribution in [0.2, 0.25) is 0 Å². The summed E-state index contributed by atoms with van der Waals surface area (Å²) in [6, 6.07) is 5.88. The summed E-state index contributed by atoms with van der Waals surface area (Å²) in [4.78, 5) is 10.8. The number of rotatable bonds is 4. The molecule has 0 amide bonds. The number of carbonyl (C=O) groups is 1. The van der Waals surface area contributed by atoms with Gasteiger partial charge in [0, 0.05) is 6.26 Å². The number of carboxylic acid groups (broad SMARTS) is 1. The van der Waals surface area contributed by atoms with E-state index in [0.29, 0.717) is 5.56 Å². The molecule has 0 saturated carbocycles. The maximum Gasteiger partial charge on any atom is 0.322 e. The molecule has 16 heavy (non-hydrogen) atoms. The predicted octanol–water partition coefficient (Wildman–Crippen LogP) is 0.432. The van der Waals surface area contributed by atoms with Crippen LogP contribution in [0.3, 0.4) is 0 Å². The van der Waals surface area contributed by atoms with Crippen molar-refractivity contribution in [2.24, 2.45) is 0 Å². The maximum atomic E-state index is 11.2. The van der Waals surface area contributed by atoms with Crippen LogP contribution in [0.15, 0.2) is 24.3 Å². The second-order valence-electron chi connectivity index (χ2n) is 3.53. The summed E-state index contributed by atoms with van der Waals surface area (Å²) in [5.74, 6) is -1.40. The van der Waals surface area contributed by atoms with E-state index in [9.17, 15) is 18.3 Å². The molecule has 0 bridgehead atoms. The molecule has 0 aromatic heterocycles. The number of phenols is 1. The molecular weight excluding hydrogens is 232 g/mol. The lowest BCUT2D eigenvalue weighted by Gasteiger charge is -2.10. The normalized spacial score (nSPS) is 13.3. The number of carboxylic acids is 1. The summed E-state index contributed by atoms with van der Waals surface area (Å²) in [6.07, 6.45) is 0.733. The van der Waals surface area contributed by atoms with Crippen molar-refractivity contribution in [1.29, 1.82) is 0 Å². The SMILES string of the molecule is CS(=O)(=O)C(Cc1cccc(O)c1)C(=O)O. The van der Waals surface area contributed by atoms with Crippen LogP contribution in [-0.4, -0.2) is 36.1 Å². The van der Waals surface area contributed by atoms with Crippen molar-refractivity contribution < 1.29 is 23.4 Å². The van der Waals surface area contributed by atoms with Crippen LogP contribution in [0.4, 0.5) is 0 Å². The Hall–Kier alpha value is -1.56. The first-order chi connectivity index (χ1) is 7.30. The fraction of sp³-hybridized carbons (Fsp3) is 0.300. The second-order valence-corrected chi connectivity index (χ2v) is 5.76. The molecule has 1 aromatic carbocycles. The predicted molar refractivity (Wildman–Crippen MR) is 58.1 cm³/mol. The maximum absolute atomic E-state index is 11.2. The van der Waals surface area contributed by atoms with Gasteiger partial charge >= 0.3 is 5.97 Å². The molecule has 2 N–H and O–H groups in total. The zero-order chi connectivity index (χ0) is 12.3. The third kappa shape index (κ3) is 3.23. The van der Waals surface area contributed by atoms with Gasteiger partial charge in [-0.05, 0) is 24.1 Å². The quantitative estimate of drug-likeness (QED) is 0.801. The van der Waals surface area contributed by atoms with Crippen molar-refractivity contribution >= 4 is 15.8 Å². The van der Waals surface area contributed by atoms with E-state index in [2.05, 4.69) is 0 Å². The molecule has 6 heteroatoms. The highest BCUT2D eigenvalue weighted by Gasteiger charge is 2.28. The zero-order valence-corrected chi connectivity index (χ0v) is 9.44. The number of aromatic hydroxyl groups is 1. The molecule has 0 saturated heterocycles. The molecule has 0 aliphatic carbocycles. The molecule has 88 valence electrons. The lowest BCUT2D eigenvalue weighted by atomic mass is 10.1. The molecule has 0 spiro atoms. The van der Waals surface area contributed by atoms with E-state index < -0.39 is 21.1 Å². The van der Waals surface area contributed by atoms with E-state index in [1.807, 2.05) is 0 Å². The van der Waals surface area contributed by atoms with Gasteiger partial charge in [0.1, 0.15) is 5.75 Å². The van der Waals surface area contributed by atoms with E-state index in [1.165, 1.54) is 18.2 Å². The number of sulfone groups is 1. The van der Waals surface area contributed by atoms with Gasteiger partial charge in [0.05, 0.1) is 0 Å². The van der Waals surface area contributed by atoms with Gasteiger partial charge in [0.15, 0.2) is 15.1 Å². The minimum Gasteiger partial charge on any atom is -0.508 e. The first-order valence-electron chi connectivity index (χ1n) is 4.50.